The van der Waals surface area contributed by atoms with Crippen molar-refractivity contribution < 1.29 is 19.1 Å². The monoisotopic (exact) mass is 412 g/mol. The van der Waals surface area contributed by atoms with Crippen LogP contribution in [0.1, 0.15) is 39.3 Å². The Hall–Kier alpha value is -3.16. The van der Waals surface area contributed by atoms with Crippen LogP contribution < -0.4 is 10.1 Å². The van der Waals surface area contributed by atoms with E-state index in [4.69, 9.17) is 9.47 Å². The van der Waals surface area contributed by atoms with E-state index >= 15 is 0 Å². The van der Waals surface area contributed by atoms with Crippen LogP contribution in [-0.4, -0.2) is 52.2 Å². The normalized spacial score (nSPS) is 16.3. The van der Waals surface area contributed by atoms with Crippen molar-refractivity contribution in [2.24, 2.45) is 0 Å². The standard InChI is InChI=1S/C22H28N4O4/c1-22(2,3)30-21(28)26-11-5-6-19(26)20(27)23-13-16-12-18(25-14-24-16)15-7-9-17(29-4)10-8-15/h7-10,12,14,19H,5-6,11,13H2,1-4H3,(H,23,27). The number of methoxy groups -OCH3 is 1. The molecular formula is C22H28N4O4. The Morgan fingerprint density at radius 1 is 1.20 bits per heavy atom. The van der Waals surface area contributed by atoms with Crippen LogP contribution in [0.2, 0.25) is 0 Å². The first-order chi connectivity index (χ1) is 14.3. The number of likely N-dealkylation sites (tertiary alicyclic amines) is 1. The topological polar surface area (TPSA) is 93.7 Å². The van der Waals surface area contributed by atoms with Crippen molar-refractivity contribution in [1.29, 1.82) is 0 Å². The molecule has 8 heteroatoms. The molecule has 0 saturated carbocycles. The minimum atomic E-state index is -0.598. The Balaban J connectivity index is 1.62. The average molecular weight is 412 g/mol. The molecule has 1 unspecified atom stereocenters. The molecule has 160 valence electrons. The maximum Gasteiger partial charge on any atom is 0.410 e. The van der Waals surface area contributed by atoms with Crippen molar-refractivity contribution in [2.45, 2.75) is 51.8 Å². The molecular weight excluding hydrogens is 384 g/mol. The first-order valence-electron chi connectivity index (χ1n) is 9.99. The number of benzene rings is 1. The van der Waals surface area contributed by atoms with E-state index in [1.54, 1.807) is 7.11 Å². The lowest BCUT2D eigenvalue weighted by Gasteiger charge is -2.28. The number of carbonyl (C=O) groups is 2. The summed E-state index contributed by atoms with van der Waals surface area (Å²) in [7, 11) is 1.62. The first-order valence-corrected chi connectivity index (χ1v) is 9.99. The van der Waals surface area contributed by atoms with Crippen LogP contribution in [0.3, 0.4) is 0 Å². The number of nitrogens with one attached hydrogen (secondary N) is 1. The second-order valence-electron chi connectivity index (χ2n) is 8.17. The molecule has 2 aromatic rings. The molecule has 1 aromatic carbocycles. The zero-order valence-corrected chi connectivity index (χ0v) is 17.8. The maximum absolute atomic E-state index is 12.7. The molecule has 1 aliphatic rings. The summed E-state index contributed by atoms with van der Waals surface area (Å²) in [5, 5.41) is 2.89. The van der Waals surface area contributed by atoms with Gasteiger partial charge in [-0.2, -0.15) is 0 Å². The zero-order valence-electron chi connectivity index (χ0n) is 17.8. The summed E-state index contributed by atoms with van der Waals surface area (Å²) in [6, 6.07) is 8.88. The van der Waals surface area contributed by atoms with Gasteiger partial charge < -0.3 is 14.8 Å². The molecule has 30 heavy (non-hydrogen) atoms. The van der Waals surface area contributed by atoms with Crippen molar-refractivity contribution in [1.82, 2.24) is 20.2 Å². The average Bonchev–Trinajstić information content (AvgIpc) is 3.21. The number of rotatable bonds is 5. The van der Waals surface area contributed by atoms with Crippen molar-refractivity contribution >= 4 is 12.0 Å². The fraction of sp³-hybridized carbons (Fsp3) is 0.455. The van der Waals surface area contributed by atoms with E-state index in [0.29, 0.717) is 18.7 Å². The molecule has 1 aromatic heterocycles. The van der Waals surface area contributed by atoms with Crippen LogP contribution in [0.15, 0.2) is 36.7 Å². The Kier molecular flexibility index (Phi) is 6.54. The summed E-state index contributed by atoms with van der Waals surface area (Å²) < 4.78 is 10.6. The molecule has 1 fully saturated rings. The Labute approximate surface area is 176 Å². The lowest BCUT2D eigenvalue weighted by Crippen LogP contribution is -2.47. The quantitative estimate of drug-likeness (QED) is 0.811. The Bertz CT molecular complexity index is 893. The molecule has 1 saturated heterocycles. The number of carbonyl (C=O) groups excluding carboxylic acids is 2. The summed E-state index contributed by atoms with van der Waals surface area (Å²) in [5.74, 6) is 0.564. The van der Waals surface area contributed by atoms with E-state index < -0.39 is 17.7 Å². The van der Waals surface area contributed by atoms with E-state index in [1.807, 2.05) is 51.1 Å². The summed E-state index contributed by atoms with van der Waals surface area (Å²) in [6.07, 6.45) is 2.41. The van der Waals surface area contributed by atoms with Gasteiger partial charge in [-0.05, 0) is 63.9 Å². The number of amides is 2. The number of nitrogens with zero attached hydrogens (tertiary/aromatic N) is 3. The van der Waals surface area contributed by atoms with Gasteiger partial charge >= 0.3 is 6.09 Å². The summed E-state index contributed by atoms with van der Waals surface area (Å²) in [4.78, 5) is 35.2. The molecule has 0 bridgehead atoms. The Morgan fingerprint density at radius 3 is 2.60 bits per heavy atom. The second-order valence-corrected chi connectivity index (χ2v) is 8.17. The Morgan fingerprint density at radius 2 is 1.93 bits per heavy atom. The maximum atomic E-state index is 12.7. The number of hydrogen-bond donors (Lipinski definition) is 1. The van der Waals surface area contributed by atoms with Crippen LogP contribution >= 0.6 is 0 Å². The van der Waals surface area contributed by atoms with E-state index in [1.165, 1.54) is 11.2 Å². The summed E-state index contributed by atoms with van der Waals surface area (Å²) in [5.41, 5.74) is 1.77. The van der Waals surface area contributed by atoms with Crippen LogP contribution in [0.4, 0.5) is 4.79 Å². The van der Waals surface area contributed by atoms with Gasteiger partial charge in [0.25, 0.3) is 0 Å². The molecule has 3 rings (SSSR count). The highest BCUT2D eigenvalue weighted by Gasteiger charge is 2.36. The van der Waals surface area contributed by atoms with Gasteiger partial charge in [0.05, 0.1) is 25.0 Å². The van der Waals surface area contributed by atoms with Crippen LogP contribution in [0.5, 0.6) is 5.75 Å². The highest BCUT2D eigenvalue weighted by molar-refractivity contribution is 5.86. The fourth-order valence-corrected chi connectivity index (χ4v) is 3.29. The van der Waals surface area contributed by atoms with Gasteiger partial charge in [0.2, 0.25) is 5.91 Å². The van der Waals surface area contributed by atoms with Gasteiger partial charge in [-0.15, -0.1) is 0 Å². The van der Waals surface area contributed by atoms with E-state index in [9.17, 15) is 9.59 Å². The highest BCUT2D eigenvalue weighted by atomic mass is 16.6. The van der Waals surface area contributed by atoms with Gasteiger partial charge in [0, 0.05) is 12.1 Å². The van der Waals surface area contributed by atoms with Gasteiger partial charge in [0.15, 0.2) is 0 Å². The van der Waals surface area contributed by atoms with Crippen molar-refractivity contribution in [2.75, 3.05) is 13.7 Å². The van der Waals surface area contributed by atoms with Crippen molar-refractivity contribution in [3.63, 3.8) is 0 Å². The van der Waals surface area contributed by atoms with Gasteiger partial charge in [0.1, 0.15) is 23.7 Å². The lowest BCUT2D eigenvalue weighted by atomic mass is 10.1. The molecule has 0 spiro atoms. The van der Waals surface area contributed by atoms with Gasteiger partial charge in [-0.1, -0.05) is 0 Å². The minimum absolute atomic E-state index is 0.206. The van der Waals surface area contributed by atoms with Crippen molar-refractivity contribution in [3.8, 4) is 17.0 Å². The molecule has 2 heterocycles. The second kappa shape index (κ2) is 9.11. The smallest absolute Gasteiger partial charge is 0.410 e. The largest absolute Gasteiger partial charge is 0.497 e. The van der Waals surface area contributed by atoms with E-state index in [0.717, 1.165) is 23.4 Å². The molecule has 1 atom stereocenters. The fourth-order valence-electron chi connectivity index (χ4n) is 3.29. The van der Waals surface area contributed by atoms with Crippen molar-refractivity contribution in [3.05, 3.63) is 42.4 Å². The number of aromatic nitrogens is 2. The highest BCUT2D eigenvalue weighted by Crippen LogP contribution is 2.22. The molecule has 0 radical (unpaired) electrons. The summed E-state index contributed by atoms with van der Waals surface area (Å²) in [6.45, 7) is 6.20. The van der Waals surface area contributed by atoms with Crippen LogP contribution in [0.25, 0.3) is 11.3 Å². The molecule has 0 aliphatic carbocycles. The van der Waals surface area contributed by atoms with E-state index in [-0.39, 0.29) is 12.5 Å². The van der Waals surface area contributed by atoms with E-state index in [2.05, 4.69) is 15.3 Å². The molecule has 8 nitrogen and oxygen atoms in total. The zero-order chi connectivity index (χ0) is 21.7. The molecule has 1 aliphatic heterocycles. The predicted octanol–water partition coefficient (Wildman–Crippen LogP) is 3.17. The van der Waals surface area contributed by atoms with Gasteiger partial charge in [-0.25, -0.2) is 14.8 Å². The molecule has 1 N–H and O–H groups in total. The van der Waals surface area contributed by atoms with Crippen LogP contribution in [0, 0.1) is 0 Å². The minimum Gasteiger partial charge on any atom is -0.497 e. The summed E-state index contributed by atoms with van der Waals surface area (Å²) >= 11 is 0. The number of ether oxygens (including phenoxy) is 2. The third kappa shape index (κ3) is 5.46. The number of hydrogen-bond acceptors (Lipinski definition) is 6. The van der Waals surface area contributed by atoms with Gasteiger partial charge in [-0.3, -0.25) is 9.69 Å². The first kappa shape index (κ1) is 21.5. The molecule has 2 amide bonds. The third-order valence-corrected chi connectivity index (χ3v) is 4.74. The third-order valence-electron chi connectivity index (χ3n) is 4.74. The van der Waals surface area contributed by atoms with Crippen LogP contribution in [-0.2, 0) is 16.1 Å². The lowest BCUT2D eigenvalue weighted by molar-refractivity contribution is -0.125. The predicted molar refractivity (Wildman–Crippen MR) is 112 cm³/mol. The SMILES string of the molecule is COc1ccc(-c2cc(CNC(=O)C3CCCN3C(=O)OC(C)(C)C)ncn2)cc1.